The minimum absolute atomic E-state index is 0. The summed E-state index contributed by atoms with van der Waals surface area (Å²) in [7, 11) is 3.22. The summed E-state index contributed by atoms with van der Waals surface area (Å²) < 4.78 is 13.0. The van der Waals surface area contributed by atoms with Crippen LogP contribution in [0.1, 0.15) is 58.6 Å². The molecule has 0 aliphatic carbocycles. The van der Waals surface area contributed by atoms with Gasteiger partial charge in [0, 0.05) is 34.8 Å². The molecule has 8 heteroatoms. The lowest BCUT2D eigenvalue weighted by atomic mass is 10.1. The van der Waals surface area contributed by atoms with Gasteiger partial charge in [0.15, 0.2) is 11.5 Å². The molecule has 1 amide bonds. The van der Waals surface area contributed by atoms with Gasteiger partial charge in [-0.3, -0.25) is 4.79 Å². The number of fused-ring (bicyclic) bond motifs is 2. The molecule has 4 aromatic carbocycles. The Hall–Kier alpha value is -3.10. The van der Waals surface area contributed by atoms with Crippen LogP contribution in [-0.4, -0.2) is 55.7 Å². The van der Waals surface area contributed by atoms with Gasteiger partial charge in [0.25, 0.3) is 5.91 Å². The van der Waals surface area contributed by atoms with E-state index in [0.29, 0.717) is 34.5 Å². The average Bonchev–Trinajstić information content (AvgIpc) is 3.38. The Morgan fingerprint density at radius 3 is 2.15 bits per heavy atom. The summed E-state index contributed by atoms with van der Waals surface area (Å²) in [6, 6.07) is 25.5. The molecule has 0 fully saturated rings. The largest absolute Gasteiger partial charge is 1.00 e. The Kier molecular flexibility index (Phi) is 12.8. The highest BCUT2D eigenvalue weighted by molar-refractivity contribution is 7.21. The number of aryl methyl sites for hydroxylation is 2. The second-order valence-electron chi connectivity index (χ2n) is 12.4. The van der Waals surface area contributed by atoms with E-state index in [0.717, 1.165) is 59.2 Å². The van der Waals surface area contributed by atoms with Gasteiger partial charge in [-0.1, -0.05) is 77.3 Å². The fraction of sp³-hybridized carbons (Fsp3) is 0.359. The van der Waals surface area contributed by atoms with Crippen molar-refractivity contribution in [2.24, 2.45) is 0 Å². The van der Waals surface area contributed by atoms with Crippen molar-refractivity contribution < 1.29 is 35.7 Å². The maximum Gasteiger partial charge on any atom is 0.265 e. The SMILES string of the molecule is CC[N+](CC)(CCCCN(Cc1ccc2ccccc2c1)C(=O)c1sc2cc(OC)c(OC)cc2c1Cl)Cc1cc(C)cc(C)c1.[Br-]. The van der Waals surface area contributed by atoms with E-state index < -0.39 is 0 Å². The van der Waals surface area contributed by atoms with Crippen molar-refractivity contribution in [3.63, 3.8) is 0 Å². The van der Waals surface area contributed by atoms with Crippen molar-refractivity contribution in [2.45, 2.75) is 53.6 Å². The van der Waals surface area contributed by atoms with E-state index in [1.807, 2.05) is 17.0 Å². The molecule has 47 heavy (non-hydrogen) atoms. The first kappa shape index (κ1) is 36.7. The van der Waals surface area contributed by atoms with E-state index in [1.165, 1.54) is 38.8 Å². The number of unbranched alkanes of at least 4 members (excludes halogenated alkanes) is 1. The van der Waals surface area contributed by atoms with Gasteiger partial charge in [0.05, 0.1) is 38.9 Å². The second kappa shape index (κ2) is 16.3. The molecule has 5 aromatic rings. The second-order valence-corrected chi connectivity index (χ2v) is 13.8. The Morgan fingerprint density at radius 1 is 0.830 bits per heavy atom. The Labute approximate surface area is 299 Å². The molecule has 0 aliphatic rings. The van der Waals surface area contributed by atoms with E-state index in [2.05, 4.69) is 88.4 Å². The number of carbonyl (C=O) groups excluding carboxylic acids is 1. The lowest BCUT2D eigenvalue weighted by molar-refractivity contribution is -0.938. The third-order valence-electron chi connectivity index (χ3n) is 9.25. The maximum atomic E-state index is 14.3. The van der Waals surface area contributed by atoms with Crippen LogP contribution in [-0.2, 0) is 13.1 Å². The van der Waals surface area contributed by atoms with Gasteiger partial charge in [-0.15, -0.1) is 11.3 Å². The van der Waals surface area contributed by atoms with Crippen LogP contribution in [0.2, 0.25) is 5.02 Å². The number of thiophene rings is 1. The zero-order valence-electron chi connectivity index (χ0n) is 28.4. The highest BCUT2D eigenvalue weighted by Crippen LogP contribution is 2.42. The molecular weight excluding hydrogens is 692 g/mol. The number of methoxy groups -OCH3 is 2. The van der Waals surface area contributed by atoms with Crippen molar-refractivity contribution in [3.05, 3.63) is 105 Å². The molecule has 0 atom stereocenters. The molecule has 0 radical (unpaired) electrons. The van der Waals surface area contributed by atoms with Gasteiger partial charge >= 0.3 is 0 Å². The molecule has 1 aromatic heterocycles. The summed E-state index contributed by atoms with van der Waals surface area (Å²) in [5.74, 6) is 1.17. The maximum absolute atomic E-state index is 14.3. The minimum Gasteiger partial charge on any atom is -1.00 e. The summed E-state index contributed by atoms with van der Waals surface area (Å²) in [6.45, 7) is 14.4. The molecular formula is C39H46BrClN2O3S. The Morgan fingerprint density at radius 2 is 1.49 bits per heavy atom. The van der Waals surface area contributed by atoms with Crippen molar-refractivity contribution in [3.8, 4) is 11.5 Å². The Bertz CT molecular complexity index is 1810. The van der Waals surface area contributed by atoms with Crippen LogP contribution >= 0.6 is 22.9 Å². The molecule has 250 valence electrons. The summed E-state index contributed by atoms with van der Waals surface area (Å²) in [5, 5.41) is 3.63. The lowest BCUT2D eigenvalue weighted by Crippen LogP contribution is -3.00. The normalized spacial score (nSPS) is 11.5. The standard InChI is InChI=1S/C39H46ClN2O3S.BrH/c1-7-42(8-2,26-30-20-27(3)19-28(4)21-30)18-12-11-17-41(25-29-15-16-31-13-9-10-14-32(31)22-29)39(43)38-37(40)33-23-34(44-5)35(45-6)24-36(33)46-38;/h9-10,13-16,19-24H,7-8,11-12,17-18,25-26H2,1-6H3;1H/q+1;/p-1. The van der Waals surface area contributed by atoms with Crippen LogP contribution in [0.15, 0.2) is 72.8 Å². The number of amides is 1. The van der Waals surface area contributed by atoms with Crippen molar-refractivity contribution >= 4 is 49.7 Å². The number of rotatable bonds is 14. The first-order chi connectivity index (χ1) is 22.2. The molecule has 0 bridgehead atoms. The lowest BCUT2D eigenvalue weighted by Gasteiger charge is -2.37. The minimum atomic E-state index is -0.0423. The van der Waals surface area contributed by atoms with Crippen molar-refractivity contribution in [1.29, 1.82) is 0 Å². The van der Waals surface area contributed by atoms with E-state index in [1.54, 1.807) is 14.2 Å². The Balaban J connectivity index is 0.00000500. The van der Waals surface area contributed by atoms with E-state index in [9.17, 15) is 4.79 Å². The van der Waals surface area contributed by atoms with E-state index in [4.69, 9.17) is 21.1 Å². The molecule has 0 saturated carbocycles. The first-order valence-electron chi connectivity index (χ1n) is 16.2. The quantitative estimate of drug-likeness (QED) is 0.0928. The highest BCUT2D eigenvalue weighted by atomic mass is 79.9. The third kappa shape index (κ3) is 8.50. The number of halogens is 2. The molecule has 1 heterocycles. The summed E-state index contributed by atoms with van der Waals surface area (Å²) >= 11 is 8.34. The van der Waals surface area contributed by atoms with Crippen LogP contribution < -0.4 is 26.5 Å². The summed E-state index contributed by atoms with van der Waals surface area (Å²) in [4.78, 5) is 16.8. The number of hydrogen-bond acceptors (Lipinski definition) is 4. The fourth-order valence-electron chi connectivity index (χ4n) is 6.62. The molecule has 0 unspecified atom stereocenters. The van der Waals surface area contributed by atoms with Gasteiger partial charge in [-0.05, 0) is 69.0 Å². The molecule has 0 spiro atoms. The predicted octanol–water partition coefficient (Wildman–Crippen LogP) is 6.83. The van der Waals surface area contributed by atoms with Gasteiger partial charge < -0.3 is 35.8 Å². The summed E-state index contributed by atoms with van der Waals surface area (Å²) in [6.07, 6.45) is 1.94. The number of hydrogen-bond donors (Lipinski definition) is 0. The molecule has 0 aliphatic heterocycles. The fourth-order valence-corrected chi connectivity index (χ4v) is 8.11. The van der Waals surface area contributed by atoms with Crippen LogP contribution in [0.4, 0.5) is 0 Å². The van der Waals surface area contributed by atoms with Crippen molar-refractivity contribution in [2.75, 3.05) is 40.4 Å². The zero-order chi connectivity index (χ0) is 32.8. The molecule has 0 saturated heterocycles. The number of carbonyl (C=O) groups is 1. The third-order valence-corrected chi connectivity index (χ3v) is 10.9. The van der Waals surface area contributed by atoms with Gasteiger partial charge in [-0.25, -0.2) is 0 Å². The number of quaternary nitrogens is 1. The molecule has 5 rings (SSSR count). The number of benzene rings is 4. The smallest absolute Gasteiger partial charge is 0.265 e. The van der Waals surface area contributed by atoms with Crippen LogP contribution in [0, 0.1) is 13.8 Å². The van der Waals surface area contributed by atoms with E-state index in [-0.39, 0.29) is 22.9 Å². The average molecular weight is 738 g/mol. The first-order valence-corrected chi connectivity index (χ1v) is 17.4. The van der Waals surface area contributed by atoms with Gasteiger partial charge in [0.1, 0.15) is 11.4 Å². The molecule has 0 N–H and O–H groups in total. The van der Waals surface area contributed by atoms with E-state index >= 15 is 0 Å². The van der Waals surface area contributed by atoms with Crippen LogP contribution in [0.25, 0.3) is 20.9 Å². The number of ether oxygens (including phenoxy) is 2. The highest BCUT2D eigenvalue weighted by Gasteiger charge is 2.26. The number of nitrogens with zero attached hydrogens (tertiary/aromatic N) is 2. The van der Waals surface area contributed by atoms with Gasteiger partial charge in [0.2, 0.25) is 0 Å². The van der Waals surface area contributed by atoms with Crippen molar-refractivity contribution in [1.82, 2.24) is 4.90 Å². The van der Waals surface area contributed by atoms with Crippen LogP contribution in [0.3, 0.4) is 0 Å². The zero-order valence-corrected chi connectivity index (χ0v) is 31.5. The predicted molar refractivity (Wildman–Crippen MR) is 194 cm³/mol. The topological polar surface area (TPSA) is 38.8 Å². The van der Waals surface area contributed by atoms with Crippen LogP contribution in [0.5, 0.6) is 11.5 Å². The summed E-state index contributed by atoms with van der Waals surface area (Å²) in [5.41, 5.74) is 5.15. The monoisotopic (exact) mass is 736 g/mol. The van der Waals surface area contributed by atoms with Gasteiger partial charge in [-0.2, -0.15) is 0 Å². The molecule has 5 nitrogen and oxygen atoms in total.